The summed E-state index contributed by atoms with van der Waals surface area (Å²) in [5.74, 6) is -0.439. The number of nitrogens with one attached hydrogen (secondary N) is 3. The van der Waals surface area contributed by atoms with Gasteiger partial charge in [0.25, 0.3) is 5.91 Å². The Kier molecular flexibility index (Phi) is 8.02. The number of aryl methyl sites for hydroxylation is 2. The van der Waals surface area contributed by atoms with E-state index in [2.05, 4.69) is 16.2 Å². The van der Waals surface area contributed by atoms with Crippen LogP contribution in [0.5, 0.6) is 5.75 Å². The van der Waals surface area contributed by atoms with Crippen molar-refractivity contribution in [1.82, 2.24) is 16.2 Å². The van der Waals surface area contributed by atoms with Gasteiger partial charge < -0.3 is 10.1 Å². The zero-order valence-corrected chi connectivity index (χ0v) is 16.1. The molecular weight excluding hydrogens is 358 g/mol. The molecule has 148 valence electrons. The summed E-state index contributed by atoms with van der Waals surface area (Å²) in [7, 11) is 0. The number of hydrogen-bond acceptors (Lipinski definition) is 4. The molecule has 2 aromatic rings. The van der Waals surface area contributed by atoms with Gasteiger partial charge in [-0.25, -0.2) is 0 Å². The van der Waals surface area contributed by atoms with Gasteiger partial charge in [-0.2, -0.15) is 0 Å². The number of rotatable bonds is 8. The lowest BCUT2D eigenvalue weighted by Crippen LogP contribution is -2.44. The molecule has 0 fully saturated rings. The molecule has 28 heavy (non-hydrogen) atoms. The molecule has 0 aliphatic carbocycles. The molecule has 0 aliphatic rings. The van der Waals surface area contributed by atoms with Crippen molar-refractivity contribution in [2.45, 2.75) is 26.7 Å². The van der Waals surface area contributed by atoms with Crippen LogP contribution in [0, 0.1) is 13.8 Å². The molecule has 0 saturated carbocycles. The summed E-state index contributed by atoms with van der Waals surface area (Å²) in [6.07, 6.45) is 0.313. The van der Waals surface area contributed by atoms with Crippen LogP contribution in [0.15, 0.2) is 48.5 Å². The first-order chi connectivity index (χ1) is 13.4. The van der Waals surface area contributed by atoms with Gasteiger partial charge >= 0.3 is 0 Å². The number of ether oxygens (including phenoxy) is 1. The summed E-state index contributed by atoms with van der Waals surface area (Å²) in [6, 6.07) is 15.0. The molecule has 7 heteroatoms. The SMILES string of the molecule is Cc1cc(C)cc(OCC(=O)NNC(=O)CCNC(=O)Cc2ccccc2)c1. The zero-order chi connectivity index (χ0) is 20.4. The molecule has 0 aliphatic heterocycles. The van der Waals surface area contributed by atoms with Gasteiger partial charge in [-0.3, -0.25) is 25.2 Å². The average molecular weight is 383 g/mol. The Morgan fingerprint density at radius 2 is 1.50 bits per heavy atom. The lowest BCUT2D eigenvalue weighted by Gasteiger charge is -2.10. The molecular formula is C21H25N3O4. The zero-order valence-electron chi connectivity index (χ0n) is 16.1. The summed E-state index contributed by atoms with van der Waals surface area (Å²) in [6.45, 7) is 3.86. The molecule has 7 nitrogen and oxygen atoms in total. The lowest BCUT2D eigenvalue weighted by atomic mass is 10.1. The second-order valence-corrected chi connectivity index (χ2v) is 6.47. The summed E-state index contributed by atoms with van der Waals surface area (Å²) in [5.41, 5.74) is 7.56. The van der Waals surface area contributed by atoms with E-state index in [-0.39, 0.29) is 31.9 Å². The van der Waals surface area contributed by atoms with E-state index >= 15 is 0 Å². The van der Waals surface area contributed by atoms with Crippen molar-refractivity contribution in [2.24, 2.45) is 0 Å². The maximum Gasteiger partial charge on any atom is 0.276 e. The van der Waals surface area contributed by atoms with Crippen LogP contribution in [0.1, 0.15) is 23.1 Å². The van der Waals surface area contributed by atoms with Crippen LogP contribution in [-0.4, -0.2) is 30.9 Å². The Morgan fingerprint density at radius 3 is 2.18 bits per heavy atom. The van der Waals surface area contributed by atoms with Crippen LogP contribution in [0.3, 0.4) is 0 Å². The van der Waals surface area contributed by atoms with Crippen molar-refractivity contribution < 1.29 is 19.1 Å². The van der Waals surface area contributed by atoms with Crippen LogP contribution < -0.4 is 20.9 Å². The van der Waals surface area contributed by atoms with Gasteiger partial charge in [0.2, 0.25) is 11.8 Å². The minimum absolute atomic E-state index is 0.0543. The Morgan fingerprint density at radius 1 is 0.857 bits per heavy atom. The molecule has 3 amide bonds. The van der Waals surface area contributed by atoms with Crippen LogP contribution in [-0.2, 0) is 20.8 Å². The highest BCUT2D eigenvalue weighted by molar-refractivity contribution is 5.83. The topological polar surface area (TPSA) is 96.5 Å². The third-order valence-corrected chi connectivity index (χ3v) is 3.79. The Labute approximate surface area is 164 Å². The first-order valence-corrected chi connectivity index (χ1v) is 9.02. The predicted octanol–water partition coefficient (Wildman–Crippen LogP) is 1.58. The van der Waals surface area contributed by atoms with E-state index < -0.39 is 11.8 Å². The number of carbonyl (C=O) groups excluding carboxylic acids is 3. The Bertz CT molecular complexity index is 801. The van der Waals surface area contributed by atoms with E-state index in [0.717, 1.165) is 16.7 Å². The summed E-state index contributed by atoms with van der Waals surface area (Å²) < 4.78 is 5.41. The monoisotopic (exact) mass is 383 g/mol. The number of amides is 3. The molecule has 0 aromatic heterocycles. The molecule has 0 radical (unpaired) electrons. The van der Waals surface area contributed by atoms with Crippen molar-refractivity contribution in [3.05, 3.63) is 65.2 Å². The van der Waals surface area contributed by atoms with Gasteiger partial charge in [0.15, 0.2) is 6.61 Å². The number of carbonyl (C=O) groups is 3. The standard InChI is InChI=1S/C21H25N3O4/c1-15-10-16(2)12-18(11-15)28-14-21(27)24-23-19(25)8-9-22-20(26)13-17-6-4-3-5-7-17/h3-7,10-12H,8-9,13-14H2,1-2H3,(H,22,26)(H,23,25)(H,24,27). The van der Waals surface area contributed by atoms with Gasteiger partial charge in [0.1, 0.15) is 5.75 Å². The van der Waals surface area contributed by atoms with Gasteiger partial charge in [0.05, 0.1) is 6.42 Å². The smallest absolute Gasteiger partial charge is 0.276 e. The average Bonchev–Trinajstić information content (AvgIpc) is 2.65. The van der Waals surface area contributed by atoms with Crippen molar-refractivity contribution in [3.63, 3.8) is 0 Å². The van der Waals surface area contributed by atoms with E-state index in [4.69, 9.17) is 4.74 Å². The third-order valence-electron chi connectivity index (χ3n) is 3.79. The number of benzene rings is 2. The van der Waals surface area contributed by atoms with E-state index in [0.29, 0.717) is 5.75 Å². The largest absolute Gasteiger partial charge is 0.484 e. The molecule has 2 aromatic carbocycles. The first-order valence-electron chi connectivity index (χ1n) is 9.02. The van der Waals surface area contributed by atoms with E-state index in [9.17, 15) is 14.4 Å². The fraction of sp³-hybridized carbons (Fsp3) is 0.286. The highest BCUT2D eigenvalue weighted by atomic mass is 16.5. The van der Waals surface area contributed by atoms with E-state index in [1.54, 1.807) is 0 Å². The quantitative estimate of drug-likeness (QED) is 0.603. The minimum atomic E-state index is -0.472. The van der Waals surface area contributed by atoms with Crippen molar-refractivity contribution >= 4 is 17.7 Å². The fourth-order valence-corrected chi connectivity index (χ4v) is 2.56. The molecule has 0 saturated heterocycles. The highest BCUT2D eigenvalue weighted by Gasteiger charge is 2.08. The van der Waals surface area contributed by atoms with Gasteiger partial charge in [-0.15, -0.1) is 0 Å². The minimum Gasteiger partial charge on any atom is -0.484 e. The second kappa shape index (κ2) is 10.7. The lowest BCUT2D eigenvalue weighted by molar-refractivity contribution is -0.130. The van der Waals surface area contributed by atoms with E-state index in [1.807, 2.05) is 62.4 Å². The van der Waals surface area contributed by atoms with Crippen molar-refractivity contribution in [2.75, 3.05) is 13.2 Å². The van der Waals surface area contributed by atoms with Gasteiger partial charge in [0, 0.05) is 13.0 Å². The second-order valence-electron chi connectivity index (χ2n) is 6.47. The molecule has 0 bridgehead atoms. The Hall–Kier alpha value is -3.35. The molecule has 0 unspecified atom stereocenters. The molecule has 3 N–H and O–H groups in total. The van der Waals surface area contributed by atoms with Crippen molar-refractivity contribution in [1.29, 1.82) is 0 Å². The molecule has 2 rings (SSSR count). The van der Waals surface area contributed by atoms with Gasteiger partial charge in [-0.1, -0.05) is 36.4 Å². The normalized spacial score (nSPS) is 10.1. The molecule has 0 atom stereocenters. The van der Waals surface area contributed by atoms with Crippen LogP contribution >= 0.6 is 0 Å². The third kappa shape index (κ3) is 7.90. The fourth-order valence-electron chi connectivity index (χ4n) is 2.56. The molecule has 0 heterocycles. The summed E-state index contributed by atoms with van der Waals surface area (Å²) in [5, 5.41) is 2.67. The maximum absolute atomic E-state index is 11.8. The predicted molar refractivity (Wildman–Crippen MR) is 105 cm³/mol. The molecule has 0 spiro atoms. The van der Waals surface area contributed by atoms with Crippen LogP contribution in [0.4, 0.5) is 0 Å². The summed E-state index contributed by atoms with van der Waals surface area (Å²) >= 11 is 0. The van der Waals surface area contributed by atoms with Crippen LogP contribution in [0.25, 0.3) is 0 Å². The van der Waals surface area contributed by atoms with Crippen LogP contribution in [0.2, 0.25) is 0 Å². The van der Waals surface area contributed by atoms with Gasteiger partial charge in [-0.05, 0) is 42.7 Å². The summed E-state index contributed by atoms with van der Waals surface area (Å²) in [4.78, 5) is 35.3. The van der Waals surface area contributed by atoms with E-state index in [1.165, 1.54) is 0 Å². The van der Waals surface area contributed by atoms with Crippen molar-refractivity contribution in [3.8, 4) is 5.75 Å². The first kappa shape index (κ1) is 21.0. The number of hydrazine groups is 1. The highest BCUT2D eigenvalue weighted by Crippen LogP contribution is 2.15. The maximum atomic E-state index is 11.8. The number of hydrogen-bond donors (Lipinski definition) is 3. The Balaban J connectivity index is 1.59.